The predicted octanol–water partition coefficient (Wildman–Crippen LogP) is 2.03. The second-order valence-corrected chi connectivity index (χ2v) is 4.68. The Kier molecular flexibility index (Phi) is 5.86. The van der Waals surface area contributed by atoms with E-state index in [0.717, 1.165) is 25.1 Å². The number of rotatable bonds is 6. The van der Waals surface area contributed by atoms with E-state index in [4.69, 9.17) is 0 Å². The van der Waals surface area contributed by atoms with E-state index >= 15 is 0 Å². The largest absolute Gasteiger partial charge is 0.344 e. The average molecular weight is 248 g/mol. The Balaban J connectivity index is 2.67. The molecule has 0 radical (unpaired) electrons. The van der Waals surface area contributed by atoms with Crippen LogP contribution in [0.2, 0.25) is 0 Å². The van der Waals surface area contributed by atoms with Gasteiger partial charge in [-0.15, -0.1) is 0 Å². The maximum atomic E-state index is 12.2. The molecule has 1 aromatic rings. The molecule has 0 aliphatic heterocycles. The van der Waals surface area contributed by atoms with Crippen LogP contribution in [0.5, 0.6) is 0 Å². The monoisotopic (exact) mass is 248 g/mol. The fraction of sp³-hybridized carbons (Fsp3) is 0.533. The minimum absolute atomic E-state index is 0.0715. The van der Waals surface area contributed by atoms with Crippen molar-refractivity contribution in [3.8, 4) is 0 Å². The van der Waals surface area contributed by atoms with Gasteiger partial charge in [0.25, 0.3) is 0 Å². The number of carbonyl (C=O) groups is 1. The van der Waals surface area contributed by atoms with Gasteiger partial charge in [0, 0.05) is 20.1 Å². The first-order chi connectivity index (χ1) is 8.60. The van der Waals surface area contributed by atoms with E-state index in [2.05, 4.69) is 36.5 Å². The molecule has 0 aromatic heterocycles. The molecule has 0 fully saturated rings. The zero-order valence-electron chi connectivity index (χ0n) is 11.9. The summed E-state index contributed by atoms with van der Waals surface area (Å²) in [6.07, 6.45) is 1.03. The van der Waals surface area contributed by atoms with Crippen LogP contribution in [-0.4, -0.2) is 38.0 Å². The van der Waals surface area contributed by atoms with E-state index in [-0.39, 0.29) is 11.8 Å². The number of hydrogen-bond donors (Lipinski definition) is 1. The first-order valence-corrected chi connectivity index (χ1v) is 6.58. The van der Waals surface area contributed by atoms with Crippen molar-refractivity contribution < 1.29 is 4.79 Å². The number of hydrogen-bond acceptors (Lipinski definition) is 2. The Labute approximate surface area is 110 Å². The van der Waals surface area contributed by atoms with Crippen LogP contribution < -0.4 is 5.32 Å². The molecular formula is C15H24N2O. The van der Waals surface area contributed by atoms with E-state index in [0.29, 0.717) is 0 Å². The Morgan fingerprint density at radius 3 is 2.44 bits per heavy atom. The van der Waals surface area contributed by atoms with Gasteiger partial charge in [0.1, 0.15) is 0 Å². The van der Waals surface area contributed by atoms with Crippen molar-refractivity contribution in [2.75, 3.05) is 27.2 Å². The fourth-order valence-electron chi connectivity index (χ4n) is 1.90. The van der Waals surface area contributed by atoms with Crippen LogP contribution >= 0.6 is 0 Å². The maximum absolute atomic E-state index is 12.2. The van der Waals surface area contributed by atoms with E-state index in [1.807, 2.05) is 21.0 Å². The lowest BCUT2D eigenvalue weighted by Gasteiger charge is -2.21. The molecule has 0 aliphatic carbocycles. The van der Waals surface area contributed by atoms with Gasteiger partial charge in [0.05, 0.1) is 5.92 Å². The maximum Gasteiger partial charge on any atom is 0.229 e. The van der Waals surface area contributed by atoms with E-state index < -0.39 is 0 Å². The Hall–Kier alpha value is -1.35. The molecule has 3 heteroatoms. The summed E-state index contributed by atoms with van der Waals surface area (Å²) in [6.45, 7) is 5.67. The summed E-state index contributed by atoms with van der Waals surface area (Å²) in [6, 6.07) is 8.33. The van der Waals surface area contributed by atoms with Crippen LogP contribution in [0, 0.1) is 0 Å². The number of amides is 1. The smallest absolute Gasteiger partial charge is 0.229 e. The summed E-state index contributed by atoms with van der Waals surface area (Å²) in [7, 11) is 3.75. The zero-order chi connectivity index (χ0) is 13.5. The number of likely N-dealkylation sites (N-methyl/N-ethyl adjacent to an activating group) is 2. The molecule has 0 saturated carbocycles. The highest BCUT2D eigenvalue weighted by Crippen LogP contribution is 2.18. The lowest BCUT2D eigenvalue weighted by Crippen LogP contribution is -2.35. The average Bonchev–Trinajstić information content (AvgIpc) is 2.43. The number of aryl methyl sites for hydroxylation is 1. The zero-order valence-corrected chi connectivity index (χ0v) is 11.9. The number of carbonyl (C=O) groups excluding carboxylic acids is 1. The molecule has 1 atom stereocenters. The molecule has 0 heterocycles. The molecule has 0 aliphatic rings. The summed E-state index contributed by atoms with van der Waals surface area (Å²) in [5, 5.41) is 3.05. The Morgan fingerprint density at radius 2 is 1.94 bits per heavy atom. The lowest BCUT2D eigenvalue weighted by molar-refractivity contribution is -0.131. The van der Waals surface area contributed by atoms with Gasteiger partial charge in [-0.05, 0) is 31.5 Å². The summed E-state index contributed by atoms with van der Waals surface area (Å²) in [4.78, 5) is 14.0. The predicted molar refractivity (Wildman–Crippen MR) is 75.8 cm³/mol. The van der Waals surface area contributed by atoms with Crippen molar-refractivity contribution in [1.29, 1.82) is 0 Å². The lowest BCUT2D eigenvalue weighted by atomic mass is 9.98. The molecule has 3 nitrogen and oxygen atoms in total. The van der Waals surface area contributed by atoms with Crippen LogP contribution in [-0.2, 0) is 11.2 Å². The highest BCUT2D eigenvalue weighted by atomic mass is 16.2. The third-order valence-electron chi connectivity index (χ3n) is 3.33. The normalized spacial score (nSPS) is 12.2. The molecule has 1 amide bonds. The molecule has 1 rings (SSSR count). The first kappa shape index (κ1) is 14.7. The highest BCUT2D eigenvalue weighted by Gasteiger charge is 2.18. The van der Waals surface area contributed by atoms with Gasteiger partial charge in [-0.1, -0.05) is 31.2 Å². The summed E-state index contributed by atoms with van der Waals surface area (Å²) < 4.78 is 0. The molecule has 0 spiro atoms. The summed E-state index contributed by atoms with van der Waals surface area (Å²) in [5.41, 5.74) is 2.40. The van der Waals surface area contributed by atoms with Crippen molar-refractivity contribution in [3.63, 3.8) is 0 Å². The third-order valence-corrected chi connectivity index (χ3v) is 3.33. The highest BCUT2D eigenvalue weighted by molar-refractivity contribution is 5.83. The minimum atomic E-state index is -0.0715. The summed E-state index contributed by atoms with van der Waals surface area (Å²) >= 11 is 0. The van der Waals surface area contributed by atoms with Gasteiger partial charge >= 0.3 is 0 Å². The molecule has 0 saturated heterocycles. The quantitative estimate of drug-likeness (QED) is 0.835. The number of nitrogens with one attached hydrogen (secondary N) is 1. The van der Waals surface area contributed by atoms with E-state index in [1.165, 1.54) is 5.56 Å². The minimum Gasteiger partial charge on any atom is -0.344 e. The van der Waals surface area contributed by atoms with Crippen LogP contribution in [0.15, 0.2) is 24.3 Å². The fourth-order valence-corrected chi connectivity index (χ4v) is 1.90. The van der Waals surface area contributed by atoms with Gasteiger partial charge in [0.2, 0.25) is 5.91 Å². The Morgan fingerprint density at radius 1 is 1.33 bits per heavy atom. The van der Waals surface area contributed by atoms with Crippen molar-refractivity contribution in [2.45, 2.75) is 26.2 Å². The molecule has 0 bridgehead atoms. The number of nitrogens with zero attached hydrogens (tertiary/aromatic N) is 1. The standard InChI is InChI=1S/C15H24N2O/c1-5-13-6-8-14(9-7-13)12(2)15(18)17(4)11-10-16-3/h6-9,12,16H,5,10-11H2,1-4H3. The second kappa shape index (κ2) is 7.17. The van der Waals surface area contributed by atoms with Gasteiger partial charge in [-0.25, -0.2) is 0 Å². The van der Waals surface area contributed by atoms with Crippen LogP contribution in [0.4, 0.5) is 0 Å². The number of benzene rings is 1. The molecule has 100 valence electrons. The molecule has 1 N–H and O–H groups in total. The molecular weight excluding hydrogens is 224 g/mol. The molecule has 1 aromatic carbocycles. The van der Waals surface area contributed by atoms with Crippen LogP contribution in [0.3, 0.4) is 0 Å². The Bertz CT molecular complexity index is 373. The first-order valence-electron chi connectivity index (χ1n) is 6.58. The van der Waals surface area contributed by atoms with Crippen LogP contribution in [0.25, 0.3) is 0 Å². The topological polar surface area (TPSA) is 32.3 Å². The van der Waals surface area contributed by atoms with Crippen molar-refractivity contribution >= 4 is 5.91 Å². The van der Waals surface area contributed by atoms with Gasteiger partial charge < -0.3 is 10.2 Å². The van der Waals surface area contributed by atoms with E-state index in [1.54, 1.807) is 4.90 Å². The second-order valence-electron chi connectivity index (χ2n) is 4.68. The molecule has 18 heavy (non-hydrogen) atoms. The SMILES string of the molecule is CCc1ccc(C(C)C(=O)N(C)CCNC)cc1. The van der Waals surface area contributed by atoms with Gasteiger partial charge in [0.15, 0.2) is 0 Å². The van der Waals surface area contributed by atoms with Crippen LogP contribution in [0.1, 0.15) is 30.9 Å². The third kappa shape index (κ3) is 3.84. The van der Waals surface area contributed by atoms with Crippen molar-refractivity contribution in [2.24, 2.45) is 0 Å². The van der Waals surface area contributed by atoms with Crippen molar-refractivity contribution in [3.05, 3.63) is 35.4 Å². The molecule has 1 unspecified atom stereocenters. The summed E-state index contributed by atoms with van der Waals surface area (Å²) in [5.74, 6) is 0.104. The van der Waals surface area contributed by atoms with Crippen molar-refractivity contribution in [1.82, 2.24) is 10.2 Å². The van der Waals surface area contributed by atoms with Gasteiger partial charge in [-0.2, -0.15) is 0 Å². The van der Waals surface area contributed by atoms with E-state index in [9.17, 15) is 4.79 Å². The van der Waals surface area contributed by atoms with Gasteiger partial charge in [-0.3, -0.25) is 4.79 Å².